The number of nitrogens with one attached hydrogen (secondary N) is 2. The van der Waals surface area contributed by atoms with Crippen LogP contribution < -0.4 is 15.4 Å². The number of carbonyl (C=O) groups is 1. The van der Waals surface area contributed by atoms with Crippen molar-refractivity contribution in [2.24, 2.45) is 4.99 Å². The first kappa shape index (κ1) is 26.4. The monoisotopic (exact) mass is 497 g/mol. The van der Waals surface area contributed by atoms with Gasteiger partial charge in [-0.15, -0.1) is 0 Å². The summed E-state index contributed by atoms with van der Waals surface area (Å²) in [6.45, 7) is 3.10. The molecule has 1 aliphatic heterocycles. The molecule has 1 aliphatic rings. The number of nitrogens with zero attached hydrogens (tertiary/aromatic N) is 3. The van der Waals surface area contributed by atoms with Crippen LogP contribution >= 0.6 is 0 Å². The van der Waals surface area contributed by atoms with E-state index < -0.39 is 34.9 Å². The molecule has 0 aliphatic carbocycles. The molecule has 0 bridgehead atoms. The van der Waals surface area contributed by atoms with E-state index in [2.05, 4.69) is 15.6 Å². The number of non-ortho nitro benzene ring substituents is 1. The van der Waals surface area contributed by atoms with E-state index >= 15 is 0 Å². The molecule has 2 aromatic carbocycles. The van der Waals surface area contributed by atoms with Crippen molar-refractivity contribution in [3.8, 4) is 11.9 Å². The zero-order valence-electron chi connectivity index (χ0n) is 20.3. The van der Waals surface area contributed by atoms with Crippen LogP contribution in [0.25, 0.3) is 0 Å². The van der Waals surface area contributed by atoms with E-state index in [0.29, 0.717) is 5.56 Å². The third kappa shape index (κ3) is 5.70. The van der Waals surface area contributed by atoms with E-state index in [1.165, 1.54) is 39.3 Å². The van der Waals surface area contributed by atoms with Gasteiger partial charge in [0.05, 0.1) is 17.5 Å². The molecule has 1 heterocycles. The number of fused-ring (bicyclic) bond motifs is 1. The van der Waals surface area contributed by atoms with Gasteiger partial charge in [-0.25, -0.2) is 4.99 Å². The first-order valence-electron chi connectivity index (χ1n) is 10.9. The zero-order valence-corrected chi connectivity index (χ0v) is 20.3. The fourth-order valence-corrected chi connectivity index (χ4v) is 4.11. The predicted molar refractivity (Wildman–Crippen MR) is 128 cm³/mol. The van der Waals surface area contributed by atoms with Gasteiger partial charge in [0.1, 0.15) is 5.75 Å². The number of nitriles is 1. The van der Waals surface area contributed by atoms with Crippen molar-refractivity contribution in [2.45, 2.75) is 44.4 Å². The van der Waals surface area contributed by atoms with E-state index in [-0.39, 0.29) is 23.9 Å². The SMILES string of the molecule is COC(OC)[C@@]1(C)Oc2ccc([N+](=O)[O-])cc2[C@H](NC(=NCc2ccccc2)NC#N)[C@@H]1OC(C)=O. The minimum Gasteiger partial charge on any atom is -0.478 e. The van der Waals surface area contributed by atoms with Crippen molar-refractivity contribution < 1.29 is 28.7 Å². The Morgan fingerprint density at radius 3 is 2.56 bits per heavy atom. The van der Waals surface area contributed by atoms with Gasteiger partial charge in [-0.3, -0.25) is 20.2 Å². The molecule has 0 amide bonds. The van der Waals surface area contributed by atoms with Crippen LogP contribution in [0.5, 0.6) is 5.75 Å². The molecule has 0 fully saturated rings. The van der Waals surface area contributed by atoms with Gasteiger partial charge in [-0.1, -0.05) is 30.3 Å². The molecule has 0 radical (unpaired) electrons. The van der Waals surface area contributed by atoms with Gasteiger partial charge in [0.25, 0.3) is 5.69 Å². The minimum absolute atomic E-state index is 0.0663. The number of rotatable bonds is 8. The highest BCUT2D eigenvalue weighted by molar-refractivity contribution is 5.82. The van der Waals surface area contributed by atoms with Crippen molar-refractivity contribution >= 4 is 17.6 Å². The summed E-state index contributed by atoms with van der Waals surface area (Å²) in [7, 11) is 2.82. The van der Waals surface area contributed by atoms with Gasteiger partial charge >= 0.3 is 5.97 Å². The van der Waals surface area contributed by atoms with Gasteiger partial charge in [0.2, 0.25) is 12.2 Å². The Morgan fingerprint density at radius 2 is 1.97 bits per heavy atom. The smallest absolute Gasteiger partial charge is 0.303 e. The molecule has 0 saturated heterocycles. The Kier molecular flexibility index (Phi) is 8.42. The second kappa shape index (κ2) is 11.5. The molecular formula is C24H27N5O7. The zero-order chi connectivity index (χ0) is 26.3. The molecule has 2 N–H and O–H groups in total. The molecular weight excluding hydrogens is 470 g/mol. The summed E-state index contributed by atoms with van der Waals surface area (Å²) >= 11 is 0. The van der Waals surface area contributed by atoms with Crippen LogP contribution in [0, 0.1) is 21.6 Å². The number of nitro benzene ring substituents is 1. The first-order valence-corrected chi connectivity index (χ1v) is 10.9. The fraction of sp³-hybridized carbons (Fsp3) is 0.375. The maximum absolute atomic E-state index is 12.2. The van der Waals surface area contributed by atoms with E-state index in [9.17, 15) is 20.2 Å². The summed E-state index contributed by atoms with van der Waals surface area (Å²) in [5.41, 5.74) is -0.376. The predicted octanol–water partition coefficient (Wildman–Crippen LogP) is 2.55. The van der Waals surface area contributed by atoms with Crippen LogP contribution in [-0.4, -0.2) is 49.1 Å². The van der Waals surface area contributed by atoms with Crippen molar-refractivity contribution in [3.63, 3.8) is 0 Å². The number of nitro groups is 1. The summed E-state index contributed by atoms with van der Waals surface area (Å²) in [6, 6.07) is 12.5. The average Bonchev–Trinajstić information content (AvgIpc) is 2.85. The van der Waals surface area contributed by atoms with Crippen molar-refractivity contribution in [3.05, 3.63) is 69.8 Å². The van der Waals surface area contributed by atoms with Gasteiger partial charge < -0.3 is 24.3 Å². The first-order chi connectivity index (χ1) is 17.2. The second-order valence-corrected chi connectivity index (χ2v) is 8.11. The van der Waals surface area contributed by atoms with Crippen LogP contribution in [0.1, 0.15) is 31.0 Å². The van der Waals surface area contributed by atoms with Gasteiger partial charge in [-0.05, 0) is 18.6 Å². The highest BCUT2D eigenvalue weighted by Crippen LogP contribution is 2.45. The molecule has 0 aromatic heterocycles. The van der Waals surface area contributed by atoms with Gasteiger partial charge in [0.15, 0.2) is 17.9 Å². The fourth-order valence-electron chi connectivity index (χ4n) is 4.11. The Hall–Kier alpha value is -4.21. The molecule has 0 saturated carbocycles. The van der Waals surface area contributed by atoms with Crippen LogP contribution in [0.15, 0.2) is 53.5 Å². The maximum Gasteiger partial charge on any atom is 0.303 e. The number of hydrogen-bond acceptors (Lipinski definition) is 9. The van der Waals surface area contributed by atoms with Gasteiger partial charge in [-0.2, -0.15) is 5.26 Å². The highest BCUT2D eigenvalue weighted by atomic mass is 16.7. The van der Waals surface area contributed by atoms with Crippen LogP contribution in [-0.2, 0) is 25.5 Å². The Bertz CT molecular complexity index is 1160. The number of guanidine groups is 1. The quantitative estimate of drug-likeness (QED) is 0.0811. The summed E-state index contributed by atoms with van der Waals surface area (Å²) in [4.78, 5) is 27.6. The largest absolute Gasteiger partial charge is 0.478 e. The summed E-state index contributed by atoms with van der Waals surface area (Å²) in [6.07, 6.45) is -0.282. The van der Waals surface area contributed by atoms with Gasteiger partial charge in [0, 0.05) is 38.8 Å². The number of esters is 1. The molecule has 2 aromatic rings. The standard InChI is InChI=1S/C24H27N5O7/c1-15(30)35-21-20(28-23(27-14-25)26-13-16-8-6-5-7-9-16)18-12-17(29(31)32)10-11-19(18)36-24(21,2)22(33-3)34-4/h5-12,20-22H,13H2,1-4H3,(H2,26,27,28)/t20-,21-,24-/m0/s1. The topological polar surface area (TPSA) is 157 Å². The Morgan fingerprint density at radius 1 is 1.28 bits per heavy atom. The second-order valence-electron chi connectivity index (χ2n) is 8.11. The van der Waals surface area contributed by atoms with Crippen LogP contribution in [0.4, 0.5) is 5.69 Å². The van der Waals surface area contributed by atoms with E-state index in [0.717, 1.165) is 5.56 Å². The third-order valence-electron chi connectivity index (χ3n) is 5.65. The molecule has 36 heavy (non-hydrogen) atoms. The molecule has 190 valence electrons. The summed E-state index contributed by atoms with van der Waals surface area (Å²) < 4.78 is 22.8. The summed E-state index contributed by atoms with van der Waals surface area (Å²) in [5.74, 6) is -0.281. The molecule has 3 rings (SSSR count). The van der Waals surface area contributed by atoms with Crippen LogP contribution in [0.3, 0.4) is 0 Å². The summed E-state index contributed by atoms with van der Waals surface area (Å²) in [5, 5.41) is 26.4. The van der Waals surface area contributed by atoms with Crippen molar-refractivity contribution in [1.82, 2.24) is 10.6 Å². The van der Waals surface area contributed by atoms with E-state index in [1.807, 2.05) is 36.5 Å². The lowest BCUT2D eigenvalue weighted by Crippen LogP contribution is -2.63. The average molecular weight is 498 g/mol. The number of benzene rings is 2. The maximum atomic E-state index is 12.2. The number of carbonyl (C=O) groups excluding carboxylic acids is 1. The highest BCUT2D eigenvalue weighted by Gasteiger charge is 2.55. The third-order valence-corrected chi connectivity index (χ3v) is 5.65. The molecule has 0 unspecified atom stereocenters. The van der Waals surface area contributed by atoms with E-state index in [4.69, 9.17) is 18.9 Å². The lowest BCUT2D eigenvalue weighted by molar-refractivity contribution is -0.385. The lowest BCUT2D eigenvalue weighted by atomic mass is 9.84. The number of methoxy groups -OCH3 is 2. The van der Waals surface area contributed by atoms with Crippen molar-refractivity contribution in [1.29, 1.82) is 5.26 Å². The Balaban J connectivity index is 2.13. The molecule has 3 atom stereocenters. The normalized spacial score (nSPS) is 21.1. The van der Waals surface area contributed by atoms with Crippen LogP contribution in [0.2, 0.25) is 0 Å². The minimum atomic E-state index is -1.40. The van der Waals surface area contributed by atoms with E-state index in [1.54, 1.807) is 6.92 Å². The molecule has 12 heteroatoms. The van der Waals surface area contributed by atoms with Crippen molar-refractivity contribution in [2.75, 3.05) is 14.2 Å². The number of ether oxygens (including phenoxy) is 4. The molecule has 0 spiro atoms. The lowest BCUT2D eigenvalue weighted by Gasteiger charge is -2.48. The molecule has 12 nitrogen and oxygen atoms in total. The number of hydrogen-bond donors (Lipinski definition) is 2. The Labute approximate surface area is 208 Å². The number of aliphatic imine (C=N–C) groups is 1.